The fourth-order valence-electron chi connectivity index (χ4n) is 4.26. The Bertz CT molecular complexity index is 1260. The van der Waals surface area contributed by atoms with Crippen LogP contribution in [-0.4, -0.2) is 89.7 Å². The number of aldehydes is 1. The van der Waals surface area contributed by atoms with Crippen LogP contribution in [0.5, 0.6) is 5.75 Å². The van der Waals surface area contributed by atoms with E-state index in [1.807, 2.05) is 0 Å². The van der Waals surface area contributed by atoms with E-state index in [0.717, 1.165) is 6.08 Å². The summed E-state index contributed by atoms with van der Waals surface area (Å²) in [6, 6.07) is 4.70. The van der Waals surface area contributed by atoms with Crippen LogP contribution >= 0.6 is 0 Å². The van der Waals surface area contributed by atoms with Crippen LogP contribution in [0.2, 0.25) is 0 Å². The zero-order valence-corrected chi connectivity index (χ0v) is 26.8. The van der Waals surface area contributed by atoms with E-state index < -0.39 is 41.8 Å². The van der Waals surface area contributed by atoms with Crippen molar-refractivity contribution in [2.24, 2.45) is 5.41 Å². The van der Waals surface area contributed by atoms with Crippen LogP contribution in [0.15, 0.2) is 30.4 Å². The molecule has 14 heteroatoms. The molecule has 0 aromatic heterocycles. The number of aliphatic hydroxyl groups excluding tert-OH is 1. The summed E-state index contributed by atoms with van der Waals surface area (Å²) in [5.41, 5.74) is 0.0492. The molecule has 1 aromatic rings. The van der Waals surface area contributed by atoms with Gasteiger partial charge in [0.25, 0.3) is 0 Å². The minimum absolute atomic E-state index is 0.0156. The number of carboxylic acid groups (broad SMARTS) is 1. The van der Waals surface area contributed by atoms with Crippen LogP contribution in [0.25, 0.3) is 0 Å². The van der Waals surface area contributed by atoms with E-state index in [1.54, 1.807) is 40.0 Å². The Morgan fingerprint density at radius 3 is 2.48 bits per heavy atom. The zero-order valence-electron chi connectivity index (χ0n) is 26.8. The van der Waals surface area contributed by atoms with Gasteiger partial charge in [-0.2, -0.15) is 0 Å². The first-order valence-corrected chi connectivity index (χ1v) is 15.2. The number of unbranched alkanes of at least 4 members (excludes halogenated alkanes) is 2. The van der Waals surface area contributed by atoms with E-state index in [-0.39, 0.29) is 62.1 Å². The lowest BCUT2D eigenvalue weighted by atomic mass is 9.97. The summed E-state index contributed by atoms with van der Waals surface area (Å²) in [5.74, 6) is -2.44. The van der Waals surface area contributed by atoms with Crippen molar-refractivity contribution in [3.05, 3.63) is 35.9 Å². The van der Waals surface area contributed by atoms with Gasteiger partial charge in [-0.15, -0.1) is 0 Å². The maximum Gasteiger partial charge on any atom is 0.333 e. The first-order chi connectivity index (χ1) is 21.7. The highest BCUT2D eigenvalue weighted by molar-refractivity contribution is 5.93. The summed E-state index contributed by atoms with van der Waals surface area (Å²) in [4.78, 5) is 72.3. The summed E-state index contributed by atoms with van der Waals surface area (Å²) in [7, 11) is 1.63. The average Bonchev–Trinajstić information content (AvgIpc) is 2.98. The predicted octanol–water partition coefficient (Wildman–Crippen LogP) is 2.32. The molecule has 1 aromatic carbocycles. The molecule has 4 N–H and O–H groups in total. The second kappa shape index (κ2) is 18.6. The van der Waals surface area contributed by atoms with Gasteiger partial charge in [-0.25, -0.2) is 4.79 Å². The van der Waals surface area contributed by atoms with E-state index in [9.17, 15) is 39.0 Å². The highest BCUT2D eigenvalue weighted by Crippen LogP contribution is 2.31. The SMILES string of the molecule is CN(CCCCCC(=O)NCCC(=O)Nc1cc(COC(=O)C(C)(C)C)ccc1OC1CC(O)CC(C(=O)O)O1)C(=O)/C=C\C=O. The quantitative estimate of drug-likeness (QED) is 0.0838. The summed E-state index contributed by atoms with van der Waals surface area (Å²) in [6.45, 7) is 5.66. The van der Waals surface area contributed by atoms with Crippen molar-refractivity contribution < 1.29 is 53.2 Å². The lowest BCUT2D eigenvalue weighted by molar-refractivity contribution is -0.195. The number of aliphatic carboxylic acids is 1. The molecule has 3 unspecified atom stereocenters. The van der Waals surface area contributed by atoms with E-state index in [1.165, 1.54) is 17.0 Å². The van der Waals surface area contributed by atoms with Crippen molar-refractivity contribution in [1.29, 1.82) is 0 Å². The summed E-state index contributed by atoms with van der Waals surface area (Å²) < 4.78 is 16.7. The number of carbonyl (C=O) groups is 6. The maximum absolute atomic E-state index is 12.8. The number of rotatable bonds is 17. The van der Waals surface area contributed by atoms with Crippen molar-refractivity contribution in [1.82, 2.24) is 10.2 Å². The molecule has 0 saturated carbocycles. The smallest absolute Gasteiger partial charge is 0.333 e. The summed E-state index contributed by atoms with van der Waals surface area (Å²) >= 11 is 0. The van der Waals surface area contributed by atoms with Gasteiger partial charge < -0.3 is 40.0 Å². The number of aliphatic hydroxyl groups is 1. The Hall–Kier alpha value is -4.30. The Kier molecular flexibility index (Phi) is 15.3. The van der Waals surface area contributed by atoms with Gasteiger partial charge in [0.2, 0.25) is 24.0 Å². The van der Waals surface area contributed by atoms with Gasteiger partial charge in [0, 0.05) is 51.9 Å². The van der Waals surface area contributed by atoms with Crippen LogP contribution in [0.3, 0.4) is 0 Å². The van der Waals surface area contributed by atoms with Crippen molar-refractivity contribution in [2.45, 2.75) is 90.8 Å². The topological polar surface area (TPSA) is 198 Å². The van der Waals surface area contributed by atoms with Crippen molar-refractivity contribution in [3.8, 4) is 5.75 Å². The Morgan fingerprint density at radius 1 is 1.07 bits per heavy atom. The van der Waals surface area contributed by atoms with Crippen LogP contribution in [0, 0.1) is 5.41 Å². The minimum atomic E-state index is -1.26. The van der Waals surface area contributed by atoms with Gasteiger partial charge >= 0.3 is 11.9 Å². The molecule has 1 aliphatic heterocycles. The minimum Gasteiger partial charge on any atom is -0.479 e. The number of anilines is 1. The number of nitrogens with zero attached hydrogens (tertiary/aromatic N) is 1. The molecule has 1 saturated heterocycles. The van der Waals surface area contributed by atoms with Crippen molar-refractivity contribution >= 4 is 41.6 Å². The molecular weight excluding hydrogens is 602 g/mol. The standard InChI is InChI=1S/C32H45N3O11/c1-32(2,3)31(43)44-20-21-11-12-24(45-29-19-22(37)18-25(46-29)30(41)42)23(17-21)34-27(39)13-14-33-26(38)9-6-5-7-15-35(4)28(40)10-8-16-36/h8,10-12,16-17,22,25,29,37H,5-7,9,13-15,18-20H2,1-4H3,(H,33,38)(H,34,39)(H,41,42)/b10-8-. The molecule has 2 rings (SSSR count). The Labute approximate surface area is 268 Å². The van der Waals surface area contributed by atoms with Crippen LogP contribution in [0.1, 0.15) is 71.3 Å². The molecule has 1 aliphatic rings. The first kappa shape index (κ1) is 37.9. The molecule has 254 valence electrons. The first-order valence-electron chi connectivity index (χ1n) is 15.2. The van der Waals surface area contributed by atoms with Gasteiger partial charge in [-0.1, -0.05) is 12.5 Å². The number of ether oxygens (including phenoxy) is 3. The van der Waals surface area contributed by atoms with Crippen LogP contribution < -0.4 is 15.4 Å². The number of hydrogen-bond donors (Lipinski definition) is 4. The third-order valence-electron chi connectivity index (χ3n) is 6.87. The second-order valence-electron chi connectivity index (χ2n) is 12.0. The van der Waals surface area contributed by atoms with E-state index >= 15 is 0 Å². The molecule has 46 heavy (non-hydrogen) atoms. The highest BCUT2D eigenvalue weighted by atomic mass is 16.7. The number of esters is 1. The lowest BCUT2D eigenvalue weighted by Crippen LogP contribution is -2.42. The number of allylic oxidation sites excluding steroid dienone is 1. The highest BCUT2D eigenvalue weighted by Gasteiger charge is 2.34. The third-order valence-corrected chi connectivity index (χ3v) is 6.87. The molecule has 0 bridgehead atoms. The van der Waals surface area contributed by atoms with E-state index in [0.29, 0.717) is 37.7 Å². The number of amides is 3. The van der Waals surface area contributed by atoms with Gasteiger partial charge in [0.15, 0.2) is 6.10 Å². The number of carboxylic acids is 1. The molecule has 0 spiro atoms. The van der Waals surface area contributed by atoms with Gasteiger partial charge in [-0.05, 0) is 57.4 Å². The normalized spacial score (nSPS) is 18.0. The maximum atomic E-state index is 12.8. The van der Waals surface area contributed by atoms with E-state index in [4.69, 9.17) is 14.2 Å². The predicted molar refractivity (Wildman–Crippen MR) is 165 cm³/mol. The zero-order chi connectivity index (χ0) is 34.3. The fraction of sp³-hybridized carbons (Fsp3) is 0.562. The largest absolute Gasteiger partial charge is 0.479 e. The molecule has 3 amide bonds. The molecule has 3 atom stereocenters. The number of likely N-dealkylation sites (N-methyl/N-ethyl adjacent to an activating group) is 1. The third kappa shape index (κ3) is 13.8. The number of hydrogen-bond acceptors (Lipinski definition) is 10. The molecule has 0 aliphatic carbocycles. The summed E-state index contributed by atoms with van der Waals surface area (Å²) in [6.07, 6.45) is 1.68. The van der Waals surface area contributed by atoms with Gasteiger partial charge in [-0.3, -0.25) is 24.0 Å². The Morgan fingerprint density at radius 2 is 1.80 bits per heavy atom. The fourth-order valence-corrected chi connectivity index (χ4v) is 4.26. The number of benzene rings is 1. The van der Waals surface area contributed by atoms with Crippen molar-refractivity contribution in [3.63, 3.8) is 0 Å². The Balaban J connectivity index is 1.92. The van der Waals surface area contributed by atoms with Gasteiger partial charge in [0.1, 0.15) is 18.6 Å². The van der Waals surface area contributed by atoms with E-state index in [2.05, 4.69) is 10.6 Å². The number of nitrogens with one attached hydrogen (secondary N) is 2. The monoisotopic (exact) mass is 647 g/mol. The lowest BCUT2D eigenvalue weighted by Gasteiger charge is -2.31. The van der Waals surface area contributed by atoms with Crippen molar-refractivity contribution in [2.75, 3.05) is 25.5 Å². The van der Waals surface area contributed by atoms with Crippen LogP contribution in [0.4, 0.5) is 5.69 Å². The number of carbonyl (C=O) groups excluding carboxylic acids is 5. The van der Waals surface area contributed by atoms with Gasteiger partial charge in [0.05, 0.1) is 17.2 Å². The summed E-state index contributed by atoms with van der Waals surface area (Å²) in [5, 5.41) is 24.9. The molecular formula is C32H45N3O11. The molecule has 14 nitrogen and oxygen atoms in total. The van der Waals surface area contributed by atoms with Crippen LogP contribution in [-0.2, 0) is 44.8 Å². The molecule has 1 heterocycles. The molecule has 1 fully saturated rings. The second-order valence-corrected chi connectivity index (χ2v) is 12.0. The molecule has 0 radical (unpaired) electrons. The average molecular weight is 648 g/mol.